The van der Waals surface area contributed by atoms with Gasteiger partial charge in [-0.1, -0.05) is 0 Å². The second kappa shape index (κ2) is 7.32. The van der Waals surface area contributed by atoms with Gasteiger partial charge in [0.1, 0.15) is 17.5 Å². The van der Waals surface area contributed by atoms with Crippen LogP contribution in [-0.2, 0) is 4.79 Å². The summed E-state index contributed by atoms with van der Waals surface area (Å²) in [5.41, 5.74) is 2.73. The van der Waals surface area contributed by atoms with Crippen LogP contribution in [0.25, 0.3) is 27.6 Å². The molecule has 0 atom stereocenters. The Labute approximate surface area is 163 Å². The zero-order valence-electron chi connectivity index (χ0n) is 14.7. The fourth-order valence-corrected chi connectivity index (χ4v) is 3.47. The number of hydrogen-bond donors (Lipinski definition) is 1. The Morgan fingerprint density at radius 2 is 1.54 bits per heavy atom. The number of carbonyl (C=O) groups is 1. The summed E-state index contributed by atoms with van der Waals surface area (Å²) in [4.78, 5) is 16.1. The third kappa shape index (κ3) is 3.67. The highest BCUT2D eigenvalue weighted by Crippen LogP contribution is 2.29. The minimum absolute atomic E-state index is 0.248. The van der Waals surface area contributed by atoms with Crippen molar-refractivity contribution in [1.82, 2.24) is 14.8 Å². The number of aromatic nitrogens is 3. The second-order valence-corrected chi connectivity index (χ2v) is 6.87. The Hall–Kier alpha value is -3.39. The average molecular weight is 396 g/mol. The quantitative estimate of drug-likeness (QED) is 0.534. The van der Waals surface area contributed by atoms with E-state index >= 15 is 0 Å². The summed E-state index contributed by atoms with van der Waals surface area (Å²) in [6.45, 7) is 1.40. The monoisotopic (exact) mass is 396 g/mol. The van der Waals surface area contributed by atoms with Crippen molar-refractivity contribution in [1.29, 1.82) is 0 Å². The van der Waals surface area contributed by atoms with Crippen molar-refractivity contribution in [3.05, 3.63) is 71.6 Å². The molecule has 140 valence electrons. The molecule has 0 spiro atoms. The Bertz CT molecular complexity index is 1130. The van der Waals surface area contributed by atoms with E-state index in [1.807, 2.05) is 5.38 Å². The van der Waals surface area contributed by atoms with Gasteiger partial charge in [0.05, 0.1) is 11.4 Å². The molecule has 0 saturated carbocycles. The van der Waals surface area contributed by atoms with Crippen LogP contribution in [0.15, 0.2) is 60.0 Å². The van der Waals surface area contributed by atoms with Crippen LogP contribution in [0.1, 0.15) is 6.92 Å². The predicted octanol–water partition coefficient (Wildman–Crippen LogP) is 4.90. The highest BCUT2D eigenvalue weighted by atomic mass is 32.1. The van der Waals surface area contributed by atoms with Crippen LogP contribution >= 0.6 is 11.3 Å². The number of nitrogens with one attached hydrogen (secondary N) is 1. The fraction of sp³-hybridized carbons (Fsp3) is 0.0500. The van der Waals surface area contributed by atoms with Crippen LogP contribution in [0, 0.1) is 11.6 Å². The average Bonchev–Trinajstić information content (AvgIpc) is 3.30. The van der Waals surface area contributed by atoms with Crippen molar-refractivity contribution in [2.75, 3.05) is 5.32 Å². The van der Waals surface area contributed by atoms with Gasteiger partial charge in [0.25, 0.3) is 0 Å². The zero-order chi connectivity index (χ0) is 19.7. The molecule has 0 radical (unpaired) electrons. The Balaban J connectivity index is 1.74. The molecule has 0 unspecified atom stereocenters. The van der Waals surface area contributed by atoms with Crippen molar-refractivity contribution < 1.29 is 13.6 Å². The molecule has 2 aromatic heterocycles. The Morgan fingerprint density at radius 1 is 0.964 bits per heavy atom. The van der Waals surface area contributed by atoms with E-state index in [0.717, 1.165) is 5.56 Å². The molecule has 5 nitrogen and oxygen atoms in total. The van der Waals surface area contributed by atoms with Crippen molar-refractivity contribution in [2.24, 2.45) is 0 Å². The first kappa shape index (κ1) is 18.0. The number of anilines is 1. The van der Waals surface area contributed by atoms with E-state index in [1.165, 1.54) is 47.2 Å². The first-order valence-electron chi connectivity index (χ1n) is 8.35. The molecule has 1 amide bonds. The molecule has 1 N–H and O–H groups in total. The van der Waals surface area contributed by atoms with Crippen molar-refractivity contribution in [2.45, 2.75) is 6.92 Å². The van der Waals surface area contributed by atoms with E-state index in [-0.39, 0.29) is 17.5 Å². The summed E-state index contributed by atoms with van der Waals surface area (Å²) >= 11 is 1.34. The van der Waals surface area contributed by atoms with Gasteiger partial charge < -0.3 is 5.32 Å². The summed E-state index contributed by atoms with van der Waals surface area (Å²) in [5.74, 6) is -0.453. The number of rotatable bonds is 4. The normalized spacial score (nSPS) is 10.8. The molecule has 2 heterocycles. The molecular weight excluding hydrogens is 382 g/mol. The zero-order valence-corrected chi connectivity index (χ0v) is 15.5. The number of benzene rings is 2. The van der Waals surface area contributed by atoms with Crippen molar-refractivity contribution in [3.63, 3.8) is 0 Å². The summed E-state index contributed by atoms with van der Waals surface area (Å²) in [6.07, 6.45) is 0. The molecular formula is C20H14F2N4OS. The lowest BCUT2D eigenvalue weighted by atomic mass is 10.1. The topological polar surface area (TPSA) is 59.8 Å². The largest absolute Gasteiger partial charge is 0.311 e. The molecule has 0 fully saturated rings. The van der Waals surface area contributed by atoms with Gasteiger partial charge in [-0.15, -0.1) is 11.3 Å². The number of nitrogens with zero attached hydrogens (tertiary/aromatic N) is 3. The predicted molar refractivity (Wildman–Crippen MR) is 104 cm³/mol. The number of hydrogen-bond acceptors (Lipinski definition) is 4. The highest BCUT2D eigenvalue weighted by Gasteiger charge is 2.16. The van der Waals surface area contributed by atoms with Gasteiger partial charge >= 0.3 is 0 Å². The second-order valence-electron chi connectivity index (χ2n) is 6.04. The van der Waals surface area contributed by atoms with Gasteiger partial charge in [0.2, 0.25) is 11.0 Å². The molecule has 0 aliphatic heterocycles. The SMILES string of the molecule is CC(=O)Nc1cc(-c2ccc(F)cc2)nn1-c1nc(-c2ccc(F)cc2)cs1. The molecule has 0 saturated heterocycles. The standard InChI is InChI=1S/C20H14F2N4OS/c1-12(27)23-19-10-17(13-2-6-15(21)7-3-13)25-26(19)20-24-18(11-28-20)14-4-8-16(22)9-5-14/h2-11H,1H3,(H,23,27). The molecule has 4 aromatic rings. The Morgan fingerprint density at radius 3 is 2.11 bits per heavy atom. The summed E-state index contributed by atoms with van der Waals surface area (Å²) < 4.78 is 27.9. The smallest absolute Gasteiger partial charge is 0.222 e. The highest BCUT2D eigenvalue weighted by molar-refractivity contribution is 7.12. The summed E-state index contributed by atoms with van der Waals surface area (Å²) in [5, 5.41) is 9.63. The molecule has 0 aliphatic rings. The molecule has 2 aromatic carbocycles. The van der Waals surface area contributed by atoms with Gasteiger partial charge in [-0.3, -0.25) is 4.79 Å². The van der Waals surface area contributed by atoms with E-state index < -0.39 is 0 Å². The molecule has 8 heteroatoms. The van der Waals surface area contributed by atoms with Crippen LogP contribution in [-0.4, -0.2) is 20.7 Å². The lowest BCUT2D eigenvalue weighted by Gasteiger charge is -2.03. The van der Waals surface area contributed by atoms with Crippen molar-refractivity contribution in [3.8, 4) is 27.6 Å². The van der Waals surface area contributed by atoms with Crippen LogP contribution in [0.4, 0.5) is 14.6 Å². The molecule has 0 bridgehead atoms. The third-order valence-corrected chi connectivity index (χ3v) is 4.78. The first-order chi connectivity index (χ1) is 13.5. The van der Waals surface area contributed by atoms with Gasteiger partial charge in [-0.05, 0) is 48.5 Å². The van der Waals surface area contributed by atoms with E-state index in [9.17, 15) is 13.6 Å². The fourth-order valence-electron chi connectivity index (χ4n) is 2.67. The summed E-state index contributed by atoms with van der Waals surface area (Å²) in [6, 6.07) is 13.7. The van der Waals surface area contributed by atoms with Gasteiger partial charge in [0, 0.05) is 29.5 Å². The minimum atomic E-state index is -0.339. The minimum Gasteiger partial charge on any atom is -0.311 e. The lowest BCUT2D eigenvalue weighted by Crippen LogP contribution is -2.10. The number of amides is 1. The van der Waals surface area contributed by atoms with Crippen molar-refractivity contribution >= 4 is 23.1 Å². The third-order valence-electron chi connectivity index (χ3n) is 3.97. The van der Waals surface area contributed by atoms with E-state index in [2.05, 4.69) is 15.4 Å². The Kier molecular flexibility index (Phi) is 4.70. The first-order valence-corrected chi connectivity index (χ1v) is 9.23. The molecule has 4 rings (SSSR count). The van der Waals surface area contributed by atoms with Crippen LogP contribution in [0.5, 0.6) is 0 Å². The van der Waals surface area contributed by atoms with Gasteiger partial charge in [0.15, 0.2) is 0 Å². The van der Waals surface area contributed by atoms with Crippen LogP contribution in [0.2, 0.25) is 0 Å². The lowest BCUT2D eigenvalue weighted by molar-refractivity contribution is -0.114. The van der Waals surface area contributed by atoms with E-state index in [1.54, 1.807) is 30.3 Å². The molecule has 28 heavy (non-hydrogen) atoms. The number of halogens is 2. The summed E-state index contributed by atoms with van der Waals surface area (Å²) in [7, 11) is 0. The van der Waals surface area contributed by atoms with Gasteiger partial charge in [-0.25, -0.2) is 13.8 Å². The van der Waals surface area contributed by atoms with Gasteiger partial charge in [-0.2, -0.15) is 9.78 Å². The van der Waals surface area contributed by atoms with E-state index in [4.69, 9.17) is 0 Å². The maximum atomic E-state index is 13.2. The maximum absolute atomic E-state index is 13.2. The van der Waals surface area contributed by atoms with Crippen LogP contribution < -0.4 is 5.32 Å². The maximum Gasteiger partial charge on any atom is 0.222 e. The number of thiazole rings is 1. The van der Waals surface area contributed by atoms with E-state index in [0.29, 0.717) is 27.9 Å². The van der Waals surface area contributed by atoms with Crippen LogP contribution in [0.3, 0.4) is 0 Å². The number of carbonyl (C=O) groups excluding carboxylic acids is 1. The molecule has 0 aliphatic carbocycles.